The maximum Gasteiger partial charge on any atom is 0.408 e. The Hall–Kier alpha value is -2.88. The van der Waals surface area contributed by atoms with Gasteiger partial charge >= 0.3 is 6.18 Å². The van der Waals surface area contributed by atoms with Crippen LogP contribution in [0.15, 0.2) is 17.3 Å². The number of rotatable bonds is 10. The van der Waals surface area contributed by atoms with Gasteiger partial charge in [-0.3, -0.25) is 14.6 Å². The molecule has 230 valence electrons. The second-order valence-corrected chi connectivity index (χ2v) is 11.0. The summed E-state index contributed by atoms with van der Waals surface area (Å²) in [7, 11) is 0. The standard InChI is InChI=1S/C25H32F7N5O3S/c1-11-8-24(28,29)10-37(11)22(39)18(34-12(2)21(38)36-13(3)23(5,6)40)19(41)16-9-33-17(7-15(16)20(26)27)35-14(4)25(30,31)32/h7,9,11,13-14,18,20,40H,8,10H2,1-6H3,(H,33,35)(H,36,38)/b34-12+/t11-,13+,14-,18?/m0/s1. The number of amides is 2. The molecule has 1 aromatic heterocycles. The Bertz CT molecular complexity index is 1190. The number of halogens is 7. The van der Waals surface area contributed by atoms with E-state index in [1.807, 2.05) is 5.32 Å². The van der Waals surface area contributed by atoms with E-state index in [9.17, 15) is 45.4 Å². The number of likely N-dealkylation sites (tertiary alicyclic amines) is 1. The zero-order valence-electron chi connectivity index (χ0n) is 23.1. The smallest absolute Gasteiger partial charge is 0.388 e. The monoisotopic (exact) mass is 615 g/mol. The van der Waals surface area contributed by atoms with Crippen LogP contribution in [0.3, 0.4) is 0 Å². The quantitative estimate of drug-likeness (QED) is 0.155. The van der Waals surface area contributed by atoms with E-state index in [-0.39, 0.29) is 5.71 Å². The highest BCUT2D eigenvalue weighted by Crippen LogP contribution is 2.34. The number of aliphatic hydroxyl groups is 1. The molecule has 1 aromatic rings. The maximum atomic E-state index is 14.1. The summed E-state index contributed by atoms with van der Waals surface area (Å²) < 4.78 is 95.1. The molecule has 0 radical (unpaired) electrons. The van der Waals surface area contributed by atoms with E-state index >= 15 is 0 Å². The molecule has 0 bridgehead atoms. The number of aromatic nitrogens is 1. The minimum atomic E-state index is -4.71. The fraction of sp³-hybridized carbons (Fsp3) is 0.640. The predicted octanol–water partition coefficient (Wildman–Crippen LogP) is 4.46. The van der Waals surface area contributed by atoms with Crippen molar-refractivity contribution < 1.29 is 45.4 Å². The highest BCUT2D eigenvalue weighted by atomic mass is 32.1. The molecule has 2 amide bonds. The van der Waals surface area contributed by atoms with Gasteiger partial charge in [0.1, 0.15) is 11.9 Å². The van der Waals surface area contributed by atoms with Crippen LogP contribution in [-0.4, -0.2) is 85.8 Å². The van der Waals surface area contributed by atoms with Crippen molar-refractivity contribution in [2.75, 3.05) is 11.9 Å². The fourth-order valence-corrected chi connectivity index (χ4v) is 4.13. The number of aliphatic imine (C=N–C) groups is 1. The molecule has 1 unspecified atom stereocenters. The topological polar surface area (TPSA) is 107 Å². The molecule has 1 fully saturated rings. The summed E-state index contributed by atoms with van der Waals surface area (Å²) in [6.45, 7) is 6.62. The molecule has 1 aliphatic rings. The van der Waals surface area contributed by atoms with E-state index in [0.717, 1.165) is 18.0 Å². The van der Waals surface area contributed by atoms with Crippen molar-refractivity contribution in [3.8, 4) is 0 Å². The molecule has 4 atom stereocenters. The molecule has 0 spiro atoms. The molecule has 3 N–H and O–H groups in total. The zero-order valence-corrected chi connectivity index (χ0v) is 23.9. The molecular weight excluding hydrogens is 583 g/mol. The number of pyridine rings is 1. The molecule has 8 nitrogen and oxygen atoms in total. The Kier molecular flexibility index (Phi) is 10.5. The van der Waals surface area contributed by atoms with Crippen LogP contribution in [0.5, 0.6) is 0 Å². The van der Waals surface area contributed by atoms with Crippen LogP contribution in [0.4, 0.5) is 36.6 Å². The Morgan fingerprint density at radius 2 is 1.80 bits per heavy atom. The van der Waals surface area contributed by atoms with Crippen LogP contribution in [0.1, 0.15) is 65.5 Å². The maximum absolute atomic E-state index is 14.1. The van der Waals surface area contributed by atoms with Crippen molar-refractivity contribution in [2.24, 2.45) is 4.99 Å². The van der Waals surface area contributed by atoms with E-state index in [2.05, 4.69) is 15.3 Å². The lowest BCUT2D eigenvalue weighted by atomic mass is 10.00. The van der Waals surface area contributed by atoms with Gasteiger partial charge in [0.05, 0.1) is 28.8 Å². The number of nitrogens with zero attached hydrogens (tertiary/aromatic N) is 3. The van der Waals surface area contributed by atoms with Crippen LogP contribution in [0, 0.1) is 0 Å². The summed E-state index contributed by atoms with van der Waals surface area (Å²) in [5.74, 6) is -5.73. The third kappa shape index (κ3) is 8.80. The van der Waals surface area contributed by atoms with Gasteiger partial charge in [0.15, 0.2) is 6.04 Å². The number of thiocarbonyl (C=S) groups is 1. The first-order valence-electron chi connectivity index (χ1n) is 12.5. The van der Waals surface area contributed by atoms with Gasteiger partial charge in [0.2, 0.25) is 0 Å². The van der Waals surface area contributed by atoms with Crippen molar-refractivity contribution in [1.82, 2.24) is 15.2 Å². The van der Waals surface area contributed by atoms with Crippen LogP contribution < -0.4 is 10.6 Å². The van der Waals surface area contributed by atoms with Gasteiger partial charge in [0, 0.05) is 29.8 Å². The minimum Gasteiger partial charge on any atom is -0.388 e. The summed E-state index contributed by atoms with van der Waals surface area (Å²) in [5, 5.41) is 14.5. The molecule has 0 aromatic carbocycles. The summed E-state index contributed by atoms with van der Waals surface area (Å²) in [6, 6.07) is -5.19. The van der Waals surface area contributed by atoms with Crippen LogP contribution in [0.2, 0.25) is 0 Å². The minimum absolute atomic E-state index is 0.371. The largest absolute Gasteiger partial charge is 0.408 e. The zero-order chi connectivity index (χ0) is 31.7. The number of carbonyl (C=O) groups is 2. The van der Waals surface area contributed by atoms with Crippen molar-refractivity contribution in [3.05, 3.63) is 23.4 Å². The molecule has 1 saturated heterocycles. The first-order chi connectivity index (χ1) is 18.5. The third-order valence-corrected chi connectivity index (χ3v) is 7.09. The number of anilines is 1. The lowest BCUT2D eigenvalue weighted by Gasteiger charge is -2.28. The SMILES string of the molecule is C/C(=N\C(C(=O)N1CC(F)(F)C[C@@H]1C)C(=S)c1cnc(N[C@@H](C)C(F)(F)F)cc1C(F)F)C(=O)N[C@H](C)C(C)(C)O. The average molecular weight is 616 g/mol. The van der Waals surface area contributed by atoms with Crippen molar-refractivity contribution in [3.63, 3.8) is 0 Å². The molecule has 2 rings (SSSR count). The van der Waals surface area contributed by atoms with Crippen LogP contribution in [0.25, 0.3) is 0 Å². The van der Waals surface area contributed by atoms with Crippen molar-refractivity contribution in [2.45, 2.75) is 96.3 Å². The first-order valence-corrected chi connectivity index (χ1v) is 12.9. The summed E-state index contributed by atoms with van der Waals surface area (Å²) in [6.07, 6.45) is -7.94. The van der Waals surface area contributed by atoms with E-state index in [1.54, 1.807) is 0 Å². The van der Waals surface area contributed by atoms with Gasteiger partial charge in [0.25, 0.3) is 24.2 Å². The molecular formula is C25H32F7N5O3S. The van der Waals surface area contributed by atoms with Gasteiger partial charge in [-0.2, -0.15) is 13.2 Å². The number of nitrogens with one attached hydrogen (secondary N) is 2. The highest BCUT2D eigenvalue weighted by Gasteiger charge is 2.47. The second kappa shape index (κ2) is 12.5. The fourth-order valence-electron chi connectivity index (χ4n) is 3.81. The highest BCUT2D eigenvalue weighted by molar-refractivity contribution is 7.81. The van der Waals surface area contributed by atoms with E-state index in [0.29, 0.717) is 6.07 Å². The Morgan fingerprint density at radius 3 is 2.27 bits per heavy atom. The lowest BCUT2D eigenvalue weighted by Crippen LogP contribution is -2.49. The molecule has 41 heavy (non-hydrogen) atoms. The number of hydrogen-bond acceptors (Lipinski definition) is 7. The first kappa shape index (κ1) is 34.3. The molecule has 2 heterocycles. The Labute approximate surface area is 237 Å². The summed E-state index contributed by atoms with van der Waals surface area (Å²) in [5.41, 5.74) is -3.13. The van der Waals surface area contributed by atoms with Crippen LogP contribution in [-0.2, 0) is 9.59 Å². The van der Waals surface area contributed by atoms with Gasteiger partial charge in [-0.25, -0.2) is 22.5 Å². The Balaban J connectivity index is 2.56. The van der Waals surface area contributed by atoms with Gasteiger partial charge in [-0.15, -0.1) is 0 Å². The predicted molar refractivity (Wildman–Crippen MR) is 142 cm³/mol. The average Bonchev–Trinajstić information content (AvgIpc) is 3.11. The van der Waals surface area contributed by atoms with Gasteiger partial charge in [-0.05, 0) is 47.6 Å². The van der Waals surface area contributed by atoms with Crippen molar-refractivity contribution >= 4 is 40.4 Å². The van der Waals surface area contributed by atoms with Gasteiger partial charge < -0.3 is 20.6 Å². The van der Waals surface area contributed by atoms with Crippen molar-refractivity contribution in [1.29, 1.82) is 0 Å². The van der Waals surface area contributed by atoms with Gasteiger partial charge in [-0.1, -0.05) is 12.2 Å². The Morgan fingerprint density at radius 1 is 1.22 bits per heavy atom. The summed E-state index contributed by atoms with van der Waals surface area (Å²) in [4.78, 5) is 34.1. The molecule has 1 aliphatic heterocycles. The van der Waals surface area contributed by atoms with E-state index < -0.39 is 94.9 Å². The van der Waals surface area contributed by atoms with E-state index in [4.69, 9.17) is 12.2 Å². The summed E-state index contributed by atoms with van der Waals surface area (Å²) >= 11 is 5.31. The normalized spacial score (nSPS) is 20.0. The number of carbonyl (C=O) groups excluding carboxylic acids is 2. The number of alkyl halides is 7. The second-order valence-electron chi connectivity index (χ2n) is 10.6. The molecule has 0 aliphatic carbocycles. The van der Waals surface area contributed by atoms with Crippen LogP contribution >= 0.6 is 12.2 Å². The number of hydrogen-bond donors (Lipinski definition) is 3. The molecule has 16 heteroatoms. The lowest BCUT2D eigenvalue weighted by molar-refractivity contribution is -0.138. The molecule has 0 saturated carbocycles. The van der Waals surface area contributed by atoms with E-state index in [1.165, 1.54) is 34.6 Å². The third-order valence-electron chi connectivity index (χ3n) is 6.64.